The zero-order valence-corrected chi connectivity index (χ0v) is 10.8. The predicted molar refractivity (Wildman–Crippen MR) is 77.1 cm³/mol. The second kappa shape index (κ2) is 6.01. The maximum Gasteiger partial charge on any atom is 0.328 e. The van der Waals surface area contributed by atoms with Crippen molar-refractivity contribution in [1.82, 2.24) is 0 Å². The molecule has 0 saturated heterocycles. The van der Waals surface area contributed by atoms with Gasteiger partial charge in [-0.2, -0.15) is 0 Å². The maximum absolute atomic E-state index is 10.5. The maximum atomic E-state index is 10.5. The van der Waals surface area contributed by atoms with Crippen LogP contribution in [0.3, 0.4) is 0 Å². The van der Waals surface area contributed by atoms with Gasteiger partial charge in [-0.05, 0) is 41.7 Å². The molecule has 0 aliphatic rings. The molecule has 0 heterocycles. The first kappa shape index (κ1) is 13.1. The smallest absolute Gasteiger partial charge is 0.328 e. The Balaban J connectivity index is 2.20. The monoisotopic (exact) mass is 252 g/mol. The highest BCUT2D eigenvalue weighted by Crippen LogP contribution is 2.15. The Bertz CT molecular complexity index is 612. The lowest BCUT2D eigenvalue weighted by Gasteiger charge is -2.06. The molecule has 0 aliphatic heterocycles. The van der Waals surface area contributed by atoms with Crippen LogP contribution in [0.1, 0.15) is 22.3 Å². The van der Waals surface area contributed by atoms with Crippen LogP contribution in [0.25, 0.3) is 6.08 Å². The van der Waals surface area contributed by atoms with E-state index in [1.807, 2.05) is 30.3 Å². The minimum Gasteiger partial charge on any atom is -0.478 e. The summed E-state index contributed by atoms with van der Waals surface area (Å²) in [5.74, 6) is -0.927. The van der Waals surface area contributed by atoms with Crippen LogP contribution in [0.5, 0.6) is 0 Å². The van der Waals surface area contributed by atoms with Crippen molar-refractivity contribution in [3.63, 3.8) is 0 Å². The van der Waals surface area contributed by atoms with E-state index in [-0.39, 0.29) is 0 Å². The molecule has 0 bridgehead atoms. The summed E-state index contributed by atoms with van der Waals surface area (Å²) < 4.78 is 0. The van der Waals surface area contributed by atoms with E-state index in [9.17, 15) is 4.79 Å². The average molecular weight is 252 g/mol. The molecule has 2 rings (SSSR count). The lowest BCUT2D eigenvalue weighted by atomic mass is 9.99. The minimum atomic E-state index is -0.927. The highest BCUT2D eigenvalue weighted by atomic mass is 16.4. The largest absolute Gasteiger partial charge is 0.478 e. The summed E-state index contributed by atoms with van der Waals surface area (Å²) in [5.41, 5.74) is 4.66. The summed E-state index contributed by atoms with van der Waals surface area (Å²) in [5, 5.41) is 8.63. The summed E-state index contributed by atoms with van der Waals surface area (Å²) in [7, 11) is 0. The molecule has 96 valence electrons. The number of aryl methyl sites for hydroxylation is 1. The van der Waals surface area contributed by atoms with Gasteiger partial charge in [-0.25, -0.2) is 4.79 Å². The normalized spacial score (nSPS) is 10.8. The molecule has 0 fully saturated rings. The van der Waals surface area contributed by atoms with E-state index >= 15 is 0 Å². The number of rotatable bonds is 4. The van der Waals surface area contributed by atoms with Crippen molar-refractivity contribution in [2.75, 3.05) is 0 Å². The average Bonchev–Trinajstić information content (AvgIpc) is 2.40. The van der Waals surface area contributed by atoms with Crippen LogP contribution in [0.2, 0.25) is 0 Å². The molecule has 2 aromatic rings. The molecule has 2 nitrogen and oxygen atoms in total. The van der Waals surface area contributed by atoms with Crippen molar-refractivity contribution >= 4 is 12.0 Å². The Morgan fingerprint density at radius 3 is 2.68 bits per heavy atom. The SMILES string of the molecule is Cc1ccccc1Cc1cccc(/C=C/C(=O)O)c1. The third-order valence-corrected chi connectivity index (χ3v) is 3.03. The van der Waals surface area contributed by atoms with Crippen molar-refractivity contribution in [2.24, 2.45) is 0 Å². The van der Waals surface area contributed by atoms with E-state index in [1.165, 1.54) is 16.7 Å². The first-order chi connectivity index (χ1) is 9.15. The molecule has 2 aromatic carbocycles. The van der Waals surface area contributed by atoms with Crippen LogP contribution in [0.4, 0.5) is 0 Å². The fourth-order valence-electron chi connectivity index (χ4n) is 2.00. The Morgan fingerprint density at radius 1 is 1.16 bits per heavy atom. The molecule has 0 radical (unpaired) electrons. The summed E-state index contributed by atoms with van der Waals surface area (Å²) in [6, 6.07) is 16.2. The minimum absolute atomic E-state index is 0.863. The van der Waals surface area contributed by atoms with Crippen LogP contribution >= 0.6 is 0 Å². The molecule has 0 amide bonds. The number of carbonyl (C=O) groups is 1. The molecule has 0 aliphatic carbocycles. The molecular weight excluding hydrogens is 236 g/mol. The predicted octanol–water partition coefficient (Wildman–Crippen LogP) is 3.68. The van der Waals surface area contributed by atoms with Gasteiger partial charge in [0, 0.05) is 6.08 Å². The van der Waals surface area contributed by atoms with E-state index in [1.54, 1.807) is 6.08 Å². The first-order valence-electron chi connectivity index (χ1n) is 6.19. The van der Waals surface area contributed by atoms with Crippen molar-refractivity contribution in [3.8, 4) is 0 Å². The second-order valence-corrected chi connectivity index (χ2v) is 4.52. The van der Waals surface area contributed by atoms with E-state index < -0.39 is 5.97 Å². The molecular formula is C17H16O2. The third kappa shape index (κ3) is 3.81. The third-order valence-electron chi connectivity index (χ3n) is 3.03. The number of aliphatic carboxylic acids is 1. The van der Waals surface area contributed by atoms with Crippen molar-refractivity contribution < 1.29 is 9.90 Å². The van der Waals surface area contributed by atoms with Crippen molar-refractivity contribution in [1.29, 1.82) is 0 Å². The molecule has 0 unspecified atom stereocenters. The highest BCUT2D eigenvalue weighted by Gasteiger charge is 2.00. The topological polar surface area (TPSA) is 37.3 Å². The number of carboxylic acids is 1. The van der Waals surface area contributed by atoms with E-state index in [2.05, 4.69) is 25.1 Å². The molecule has 0 saturated carbocycles. The molecule has 2 heteroatoms. The quantitative estimate of drug-likeness (QED) is 0.843. The highest BCUT2D eigenvalue weighted by molar-refractivity contribution is 5.85. The van der Waals surface area contributed by atoms with Gasteiger partial charge in [0.15, 0.2) is 0 Å². The molecule has 0 spiro atoms. The molecule has 1 N–H and O–H groups in total. The van der Waals surface area contributed by atoms with Crippen molar-refractivity contribution in [3.05, 3.63) is 76.9 Å². The Kier molecular flexibility index (Phi) is 4.14. The zero-order valence-electron chi connectivity index (χ0n) is 10.8. The second-order valence-electron chi connectivity index (χ2n) is 4.52. The number of benzene rings is 2. The Hall–Kier alpha value is -2.35. The van der Waals surface area contributed by atoms with Gasteiger partial charge < -0.3 is 5.11 Å². The van der Waals surface area contributed by atoms with Gasteiger partial charge in [0.1, 0.15) is 0 Å². The van der Waals surface area contributed by atoms with Crippen molar-refractivity contribution in [2.45, 2.75) is 13.3 Å². The fraction of sp³-hybridized carbons (Fsp3) is 0.118. The van der Waals surface area contributed by atoms with E-state index in [0.717, 1.165) is 18.1 Å². The fourth-order valence-corrected chi connectivity index (χ4v) is 2.00. The Morgan fingerprint density at radius 2 is 1.95 bits per heavy atom. The van der Waals surface area contributed by atoms with Gasteiger partial charge in [-0.3, -0.25) is 0 Å². The van der Waals surface area contributed by atoms with Crippen LogP contribution in [-0.2, 0) is 11.2 Å². The van der Waals surface area contributed by atoms with Crippen LogP contribution in [0.15, 0.2) is 54.6 Å². The van der Waals surface area contributed by atoms with Gasteiger partial charge in [0.2, 0.25) is 0 Å². The number of carboxylic acid groups (broad SMARTS) is 1. The molecule has 0 atom stereocenters. The lowest BCUT2D eigenvalue weighted by molar-refractivity contribution is -0.131. The molecule has 0 aromatic heterocycles. The van der Waals surface area contributed by atoms with Gasteiger partial charge >= 0.3 is 5.97 Å². The van der Waals surface area contributed by atoms with Crippen LogP contribution < -0.4 is 0 Å². The number of hydrogen-bond acceptors (Lipinski definition) is 1. The lowest BCUT2D eigenvalue weighted by Crippen LogP contribution is -1.92. The first-order valence-corrected chi connectivity index (χ1v) is 6.19. The molecule has 19 heavy (non-hydrogen) atoms. The summed E-state index contributed by atoms with van der Waals surface area (Å²) in [6.45, 7) is 2.10. The van der Waals surface area contributed by atoms with Crippen LogP contribution in [-0.4, -0.2) is 11.1 Å². The van der Waals surface area contributed by atoms with Gasteiger partial charge in [-0.1, -0.05) is 48.5 Å². The Labute approximate surface area is 113 Å². The summed E-state index contributed by atoms with van der Waals surface area (Å²) in [6.07, 6.45) is 3.64. The number of hydrogen-bond donors (Lipinski definition) is 1. The standard InChI is InChI=1S/C17H16O2/c1-13-5-2-3-8-16(13)12-15-7-4-6-14(11-15)9-10-17(18)19/h2-11H,12H2,1H3,(H,18,19)/b10-9+. The summed E-state index contributed by atoms with van der Waals surface area (Å²) >= 11 is 0. The summed E-state index contributed by atoms with van der Waals surface area (Å²) in [4.78, 5) is 10.5. The van der Waals surface area contributed by atoms with Crippen LogP contribution in [0, 0.1) is 6.92 Å². The van der Waals surface area contributed by atoms with E-state index in [4.69, 9.17) is 5.11 Å². The van der Waals surface area contributed by atoms with Gasteiger partial charge in [0.05, 0.1) is 0 Å². The van der Waals surface area contributed by atoms with E-state index in [0.29, 0.717) is 0 Å². The zero-order chi connectivity index (χ0) is 13.7. The van der Waals surface area contributed by atoms with Gasteiger partial charge in [-0.15, -0.1) is 0 Å². The van der Waals surface area contributed by atoms with Gasteiger partial charge in [0.25, 0.3) is 0 Å².